The van der Waals surface area contributed by atoms with E-state index in [-0.39, 0.29) is 28.9 Å². The summed E-state index contributed by atoms with van der Waals surface area (Å²) in [5, 5.41) is 0.792. The number of aromatic nitrogens is 1. The second kappa shape index (κ2) is 8.26. The van der Waals surface area contributed by atoms with E-state index < -0.39 is 23.0 Å². The SMILES string of the molecule is COc1cccc2c(CN3C(=O)N(c4ccc(SC(F)(F)F)cc4)C(=O)C3(C)C)ccnc12. The van der Waals surface area contributed by atoms with Crippen LogP contribution < -0.4 is 9.64 Å². The van der Waals surface area contributed by atoms with Crippen LogP contribution in [0, 0.1) is 0 Å². The number of carbonyl (C=O) groups is 2. The Balaban J connectivity index is 1.66. The number of alkyl halides is 3. The summed E-state index contributed by atoms with van der Waals surface area (Å²) in [4.78, 5) is 33.3. The molecule has 1 aromatic heterocycles. The summed E-state index contributed by atoms with van der Waals surface area (Å²) in [6, 6.07) is 11.9. The smallest absolute Gasteiger partial charge is 0.446 e. The number of carbonyl (C=O) groups excluding carboxylic acids is 2. The number of benzene rings is 2. The minimum absolute atomic E-state index is 0.0290. The minimum Gasteiger partial charge on any atom is -0.494 e. The lowest BCUT2D eigenvalue weighted by molar-refractivity contribution is -0.123. The molecule has 172 valence electrons. The van der Waals surface area contributed by atoms with Gasteiger partial charge in [0.2, 0.25) is 0 Å². The standard InChI is InChI=1S/C23H20F3N3O3S/c1-22(2)20(30)29(15-7-9-16(10-8-15)33-23(24,25)26)21(31)28(22)13-14-11-12-27-19-17(14)5-4-6-18(19)32-3/h4-12H,13H2,1-3H3. The summed E-state index contributed by atoms with van der Waals surface area (Å²) in [6.07, 6.45) is 1.62. The first-order valence-electron chi connectivity index (χ1n) is 9.95. The number of para-hydroxylation sites is 1. The third-order valence-corrected chi connectivity index (χ3v) is 6.26. The van der Waals surface area contributed by atoms with Crippen LogP contribution in [0.3, 0.4) is 0 Å². The Hall–Kier alpha value is -3.27. The van der Waals surface area contributed by atoms with Crippen LogP contribution >= 0.6 is 11.8 Å². The largest absolute Gasteiger partial charge is 0.494 e. The Morgan fingerprint density at radius 2 is 1.76 bits per heavy atom. The minimum atomic E-state index is -4.42. The molecule has 6 nitrogen and oxygen atoms in total. The molecule has 2 aromatic carbocycles. The van der Waals surface area contributed by atoms with Gasteiger partial charge in [-0.15, -0.1) is 0 Å². The first-order chi connectivity index (χ1) is 15.5. The van der Waals surface area contributed by atoms with Gasteiger partial charge in [-0.2, -0.15) is 13.2 Å². The molecular weight excluding hydrogens is 455 g/mol. The Kier molecular flexibility index (Phi) is 5.73. The highest BCUT2D eigenvalue weighted by molar-refractivity contribution is 8.00. The summed E-state index contributed by atoms with van der Waals surface area (Å²) in [5.41, 5.74) is -3.94. The molecule has 0 N–H and O–H groups in total. The number of pyridine rings is 1. The molecule has 0 aliphatic carbocycles. The van der Waals surface area contributed by atoms with Crippen LogP contribution in [0.4, 0.5) is 23.7 Å². The highest BCUT2D eigenvalue weighted by atomic mass is 32.2. The van der Waals surface area contributed by atoms with Gasteiger partial charge in [0.15, 0.2) is 0 Å². The zero-order chi connectivity index (χ0) is 24.0. The number of hydrogen-bond donors (Lipinski definition) is 0. The number of imide groups is 1. The highest BCUT2D eigenvalue weighted by Crippen LogP contribution is 2.39. The first kappa shape index (κ1) is 22.9. The van der Waals surface area contributed by atoms with Gasteiger partial charge in [0.05, 0.1) is 12.8 Å². The van der Waals surface area contributed by atoms with Crippen molar-refractivity contribution in [1.82, 2.24) is 9.88 Å². The second-order valence-corrected chi connectivity index (χ2v) is 9.07. The number of amides is 3. The number of halogens is 3. The van der Waals surface area contributed by atoms with Crippen molar-refractivity contribution in [1.29, 1.82) is 0 Å². The molecule has 0 unspecified atom stereocenters. The summed E-state index contributed by atoms with van der Waals surface area (Å²) >= 11 is -0.255. The number of hydrogen-bond acceptors (Lipinski definition) is 5. The average molecular weight is 475 g/mol. The van der Waals surface area contributed by atoms with E-state index >= 15 is 0 Å². The van der Waals surface area contributed by atoms with Crippen LogP contribution in [-0.4, -0.2) is 40.0 Å². The van der Waals surface area contributed by atoms with Gasteiger partial charge in [0, 0.05) is 23.0 Å². The Bertz CT molecular complexity index is 1230. The Morgan fingerprint density at radius 1 is 1.06 bits per heavy atom. The van der Waals surface area contributed by atoms with Crippen molar-refractivity contribution in [3.05, 3.63) is 60.3 Å². The number of urea groups is 1. The van der Waals surface area contributed by atoms with Crippen molar-refractivity contribution in [2.75, 3.05) is 12.0 Å². The number of ether oxygens (including phenoxy) is 1. The van der Waals surface area contributed by atoms with E-state index in [2.05, 4.69) is 4.98 Å². The van der Waals surface area contributed by atoms with Crippen LogP contribution in [0.15, 0.2) is 59.6 Å². The van der Waals surface area contributed by atoms with Crippen molar-refractivity contribution in [2.24, 2.45) is 0 Å². The van der Waals surface area contributed by atoms with Crippen LogP contribution in [0.2, 0.25) is 0 Å². The Labute approximate surface area is 192 Å². The van der Waals surface area contributed by atoms with Gasteiger partial charge < -0.3 is 9.64 Å². The van der Waals surface area contributed by atoms with E-state index in [0.29, 0.717) is 11.3 Å². The third kappa shape index (κ3) is 4.22. The zero-order valence-electron chi connectivity index (χ0n) is 18.0. The molecule has 2 heterocycles. The number of methoxy groups -OCH3 is 1. The summed E-state index contributed by atoms with van der Waals surface area (Å²) < 4.78 is 43.2. The van der Waals surface area contributed by atoms with Gasteiger partial charge in [0.25, 0.3) is 5.91 Å². The monoisotopic (exact) mass is 475 g/mol. The fourth-order valence-electron chi connectivity index (χ4n) is 3.80. The van der Waals surface area contributed by atoms with E-state index in [4.69, 9.17) is 4.74 Å². The van der Waals surface area contributed by atoms with E-state index in [9.17, 15) is 22.8 Å². The quantitative estimate of drug-likeness (QED) is 0.355. The van der Waals surface area contributed by atoms with Crippen molar-refractivity contribution in [3.63, 3.8) is 0 Å². The molecule has 0 saturated carbocycles. The molecule has 1 fully saturated rings. The van der Waals surface area contributed by atoms with E-state index in [1.165, 1.54) is 29.2 Å². The molecule has 3 aromatic rings. The molecule has 33 heavy (non-hydrogen) atoms. The molecular formula is C23H20F3N3O3S. The number of rotatable bonds is 5. The molecule has 0 bridgehead atoms. The lowest BCUT2D eigenvalue weighted by Gasteiger charge is -2.28. The number of fused-ring (bicyclic) bond motifs is 1. The predicted octanol–water partition coefficient (Wildman–Crippen LogP) is 5.60. The average Bonchev–Trinajstić information content (AvgIpc) is 2.92. The molecule has 1 saturated heterocycles. The van der Waals surface area contributed by atoms with Crippen LogP contribution in [0.1, 0.15) is 19.4 Å². The first-order valence-corrected chi connectivity index (χ1v) is 10.8. The molecule has 10 heteroatoms. The van der Waals surface area contributed by atoms with Crippen LogP contribution in [0.25, 0.3) is 10.9 Å². The molecule has 3 amide bonds. The van der Waals surface area contributed by atoms with Gasteiger partial charge in [-0.1, -0.05) is 12.1 Å². The van der Waals surface area contributed by atoms with E-state index in [1.54, 1.807) is 39.3 Å². The summed E-state index contributed by atoms with van der Waals surface area (Å²) in [5.74, 6) is 0.135. The molecule has 4 rings (SSSR count). The number of thioether (sulfide) groups is 1. The van der Waals surface area contributed by atoms with E-state index in [1.807, 2.05) is 12.1 Å². The van der Waals surface area contributed by atoms with Gasteiger partial charge in [-0.3, -0.25) is 9.78 Å². The van der Waals surface area contributed by atoms with E-state index in [0.717, 1.165) is 15.8 Å². The predicted molar refractivity (Wildman–Crippen MR) is 119 cm³/mol. The van der Waals surface area contributed by atoms with Gasteiger partial charge in [-0.25, -0.2) is 9.69 Å². The Morgan fingerprint density at radius 3 is 2.39 bits per heavy atom. The maximum Gasteiger partial charge on any atom is 0.446 e. The van der Waals surface area contributed by atoms with Gasteiger partial charge in [-0.05, 0) is 67.6 Å². The molecule has 0 spiro atoms. The number of nitrogens with zero attached hydrogens (tertiary/aromatic N) is 3. The lowest BCUT2D eigenvalue weighted by atomic mass is 10.0. The highest BCUT2D eigenvalue weighted by Gasteiger charge is 2.51. The lowest BCUT2D eigenvalue weighted by Crippen LogP contribution is -2.43. The van der Waals surface area contributed by atoms with Crippen molar-refractivity contribution >= 4 is 40.3 Å². The van der Waals surface area contributed by atoms with Crippen LogP contribution in [-0.2, 0) is 11.3 Å². The normalized spacial score (nSPS) is 16.1. The molecule has 1 aliphatic rings. The van der Waals surface area contributed by atoms with Gasteiger partial charge >= 0.3 is 11.5 Å². The van der Waals surface area contributed by atoms with Gasteiger partial charge in [0.1, 0.15) is 16.8 Å². The molecule has 1 aliphatic heterocycles. The van der Waals surface area contributed by atoms with Crippen molar-refractivity contribution in [2.45, 2.75) is 36.3 Å². The van der Waals surface area contributed by atoms with Crippen LogP contribution in [0.5, 0.6) is 5.75 Å². The molecule has 0 radical (unpaired) electrons. The summed E-state index contributed by atoms with van der Waals surface area (Å²) in [6.45, 7) is 3.43. The second-order valence-electron chi connectivity index (χ2n) is 7.94. The maximum absolute atomic E-state index is 13.3. The van der Waals surface area contributed by atoms with Crippen molar-refractivity contribution < 1.29 is 27.5 Å². The fourth-order valence-corrected chi connectivity index (χ4v) is 4.34. The number of anilines is 1. The van der Waals surface area contributed by atoms with Crippen molar-refractivity contribution in [3.8, 4) is 5.75 Å². The fraction of sp³-hybridized carbons (Fsp3) is 0.261. The third-order valence-electron chi connectivity index (χ3n) is 5.52. The topological polar surface area (TPSA) is 62.7 Å². The maximum atomic E-state index is 13.3. The summed E-state index contributed by atoms with van der Waals surface area (Å²) in [7, 11) is 1.55. The zero-order valence-corrected chi connectivity index (χ0v) is 18.8. The molecule has 0 atom stereocenters.